The first kappa shape index (κ1) is 15.8. The Hall–Kier alpha value is -2.30. The predicted octanol–water partition coefficient (Wildman–Crippen LogP) is 1.86. The number of carbonyl (C=O) groups excluding carboxylic acids is 1. The highest BCUT2D eigenvalue weighted by Crippen LogP contribution is 2.21. The highest BCUT2D eigenvalue weighted by molar-refractivity contribution is 5.82. The number of nitrogen functional groups attached to an aromatic ring is 1. The van der Waals surface area contributed by atoms with Crippen molar-refractivity contribution in [1.82, 2.24) is 4.90 Å². The Labute approximate surface area is 118 Å². The van der Waals surface area contributed by atoms with Gasteiger partial charge in [0.1, 0.15) is 6.54 Å². The maximum atomic E-state index is 12.1. The zero-order valence-electron chi connectivity index (χ0n) is 11.6. The van der Waals surface area contributed by atoms with E-state index in [2.05, 4.69) is 6.58 Å². The van der Waals surface area contributed by atoms with Gasteiger partial charge in [-0.25, -0.2) is 0 Å². The molecule has 0 aliphatic carbocycles. The van der Waals surface area contributed by atoms with E-state index in [1.54, 1.807) is 12.1 Å². The van der Waals surface area contributed by atoms with Crippen molar-refractivity contribution in [1.29, 1.82) is 0 Å². The van der Waals surface area contributed by atoms with E-state index in [1.807, 2.05) is 19.1 Å². The first-order valence-corrected chi connectivity index (χ1v) is 6.40. The molecule has 0 fully saturated rings. The number of carboxylic acids is 1. The van der Waals surface area contributed by atoms with Gasteiger partial charge >= 0.3 is 5.97 Å². The average molecular weight is 276 g/mol. The van der Waals surface area contributed by atoms with Gasteiger partial charge in [-0.05, 0) is 23.6 Å². The maximum absolute atomic E-state index is 12.1. The molecule has 1 unspecified atom stereocenters. The molecule has 0 bridgehead atoms. The van der Waals surface area contributed by atoms with Gasteiger partial charge in [-0.3, -0.25) is 9.59 Å². The highest BCUT2D eigenvalue weighted by atomic mass is 16.4. The number of nitrogens with zero attached hydrogens (tertiary/aromatic N) is 1. The molecule has 0 radical (unpaired) electrons. The predicted molar refractivity (Wildman–Crippen MR) is 78.3 cm³/mol. The van der Waals surface area contributed by atoms with Gasteiger partial charge in [0.05, 0.1) is 0 Å². The molecule has 0 saturated carbocycles. The second kappa shape index (κ2) is 7.33. The Morgan fingerprint density at radius 3 is 2.50 bits per heavy atom. The highest BCUT2D eigenvalue weighted by Gasteiger charge is 2.18. The standard InChI is InChI=1S/C15H20N2O3/c1-3-8-17(10-15(19)20)14(18)9-11(2)12-4-6-13(16)7-5-12/h3-7,11H,1,8-10,16H2,2H3,(H,19,20). The molecule has 3 N–H and O–H groups in total. The van der Waals surface area contributed by atoms with E-state index in [9.17, 15) is 9.59 Å². The number of carboxylic acid groups (broad SMARTS) is 1. The Kier molecular flexibility index (Phi) is 5.77. The minimum absolute atomic E-state index is 0.00390. The van der Waals surface area contributed by atoms with Crippen molar-refractivity contribution >= 4 is 17.6 Å². The lowest BCUT2D eigenvalue weighted by Gasteiger charge is -2.21. The summed E-state index contributed by atoms with van der Waals surface area (Å²) in [7, 11) is 0. The smallest absolute Gasteiger partial charge is 0.323 e. The van der Waals surface area contributed by atoms with Crippen molar-refractivity contribution in [2.24, 2.45) is 0 Å². The summed E-state index contributed by atoms with van der Waals surface area (Å²) in [6.07, 6.45) is 1.78. The molecule has 0 heterocycles. The summed E-state index contributed by atoms with van der Waals surface area (Å²) in [4.78, 5) is 24.1. The molecule has 5 heteroatoms. The number of hydrogen-bond acceptors (Lipinski definition) is 3. The number of anilines is 1. The van der Waals surface area contributed by atoms with Crippen LogP contribution in [0.15, 0.2) is 36.9 Å². The number of hydrogen-bond donors (Lipinski definition) is 2. The molecule has 0 aromatic heterocycles. The molecule has 1 rings (SSSR count). The minimum atomic E-state index is -1.03. The number of aliphatic carboxylic acids is 1. The third kappa shape index (κ3) is 4.76. The molecular weight excluding hydrogens is 256 g/mol. The first-order chi connectivity index (χ1) is 9.43. The molecule has 20 heavy (non-hydrogen) atoms. The van der Waals surface area contributed by atoms with Crippen molar-refractivity contribution in [3.05, 3.63) is 42.5 Å². The molecule has 1 atom stereocenters. The molecule has 0 spiro atoms. The molecule has 1 amide bonds. The van der Waals surface area contributed by atoms with Gasteiger partial charge in [-0.2, -0.15) is 0 Å². The van der Waals surface area contributed by atoms with Gasteiger partial charge in [0.2, 0.25) is 5.91 Å². The number of nitrogens with two attached hydrogens (primary N) is 1. The van der Waals surface area contributed by atoms with E-state index < -0.39 is 5.97 Å². The molecule has 5 nitrogen and oxygen atoms in total. The summed E-state index contributed by atoms with van der Waals surface area (Å²) in [5.41, 5.74) is 7.29. The Morgan fingerprint density at radius 1 is 1.40 bits per heavy atom. The molecule has 1 aromatic carbocycles. The summed E-state index contributed by atoms with van der Waals surface area (Å²) in [6, 6.07) is 7.33. The van der Waals surface area contributed by atoms with Crippen LogP contribution in [0.2, 0.25) is 0 Å². The molecule has 0 saturated heterocycles. The largest absolute Gasteiger partial charge is 0.480 e. The monoisotopic (exact) mass is 276 g/mol. The van der Waals surface area contributed by atoms with Crippen LogP contribution >= 0.6 is 0 Å². The Bertz CT molecular complexity index is 482. The van der Waals surface area contributed by atoms with Gasteiger partial charge in [0.15, 0.2) is 0 Å². The summed E-state index contributed by atoms with van der Waals surface area (Å²) in [5.74, 6) is -1.22. The van der Waals surface area contributed by atoms with E-state index in [0.29, 0.717) is 5.69 Å². The fraction of sp³-hybridized carbons (Fsp3) is 0.333. The van der Waals surface area contributed by atoms with Crippen molar-refractivity contribution in [3.8, 4) is 0 Å². The van der Waals surface area contributed by atoms with Crippen molar-refractivity contribution in [2.45, 2.75) is 19.3 Å². The van der Waals surface area contributed by atoms with E-state index in [1.165, 1.54) is 11.0 Å². The number of carbonyl (C=O) groups is 2. The van der Waals surface area contributed by atoms with Gasteiger partial charge in [0, 0.05) is 18.7 Å². The third-order valence-corrected chi connectivity index (χ3v) is 3.01. The average Bonchev–Trinajstić information content (AvgIpc) is 2.38. The van der Waals surface area contributed by atoms with Crippen LogP contribution in [0.25, 0.3) is 0 Å². The quantitative estimate of drug-likeness (QED) is 0.588. The lowest BCUT2D eigenvalue weighted by atomic mass is 9.97. The number of rotatable bonds is 7. The zero-order valence-corrected chi connectivity index (χ0v) is 11.6. The molecule has 0 aliphatic rings. The Balaban J connectivity index is 2.69. The number of amides is 1. The fourth-order valence-electron chi connectivity index (χ4n) is 1.91. The normalized spacial score (nSPS) is 11.7. The molecular formula is C15H20N2O3. The topological polar surface area (TPSA) is 83.6 Å². The number of benzene rings is 1. The second-order valence-corrected chi connectivity index (χ2v) is 4.73. The van der Waals surface area contributed by atoms with Crippen molar-refractivity contribution in [3.63, 3.8) is 0 Å². The maximum Gasteiger partial charge on any atom is 0.323 e. The van der Waals surface area contributed by atoms with E-state index in [-0.39, 0.29) is 31.3 Å². The molecule has 1 aromatic rings. The van der Waals surface area contributed by atoms with Crippen LogP contribution < -0.4 is 5.73 Å². The van der Waals surface area contributed by atoms with Crippen LogP contribution in [-0.4, -0.2) is 35.0 Å². The van der Waals surface area contributed by atoms with Gasteiger partial charge in [-0.1, -0.05) is 25.1 Å². The fourth-order valence-corrected chi connectivity index (χ4v) is 1.91. The van der Waals surface area contributed by atoms with Crippen LogP contribution in [0.3, 0.4) is 0 Å². The van der Waals surface area contributed by atoms with Gasteiger partial charge in [-0.15, -0.1) is 6.58 Å². The van der Waals surface area contributed by atoms with E-state index >= 15 is 0 Å². The minimum Gasteiger partial charge on any atom is -0.480 e. The molecule has 0 aliphatic heterocycles. The Morgan fingerprint density at radius 2 is 2.00 bits per heavy atom. The van der Waals surface area contributed by atoms with E-state index in [4.69, 9.17) is 10.8 Å². The van der Waals surface area contributed by atoms with Crippen LogP contribution in [0.5, 0.6) is 0 Å². The summed E-state index contributed by atoms with van der Waals surface area (Å²) in [6.45, 7) is 5.39. The third-order valence-electron chi connectivity index (χ3n) is 3.01. The summed E-state index contributed by atoms with van der Waals surface area (Å²) in [5, 5.41) is 8.80. The van der Waals surface area contributed by atoms with Gasteiger partial charge < -0.3 is 15.7 Å². The lowest BCUT2D eigenvalue weighted by Crippen LogP contribution is -2.36. The van der Waals surface area contributed by atoms with Crippen LogP contribution in [-0.2, 0) is 9.59 Å². The lowest BCUT2D eigenvalue weighted by molar-refractivity contribution is -0.144. The van der Waals surface area contributed by atoms with Crippen molar-refractivity contribution in [2.75, 3.05) is 18.8 Å². The summed E-state index contributed by atoms with van der Waals surface area (Å²) >= 11 is 0. The van der Waals surface area contributed by atoms with Crippen molar-refractivity contribution < 1.29 is 14.7 Å². The second-order valence-electron chi connectivity index (χ2n) is 4.73. The van der Waals surface area contributed by atoms with Gasteiger partial charge in [0.25, 0.3) is 0 Å². The van der Waals surface area contributed by atoms with E-state index in [0.717, 1.165) is 5.56 Å². The van der Waals surface area contributed by atoms with Crippen LogP contribution in [0.1, 0.15) is 24.8 Å². The first-order valence-electron chi connectivity index (χ1n) is 6.40. The SMILES string of the molecule is C=CCN(CC(=O)O)C(=O)CC(C)c1ccc(N)cc1. The molecule has 108 valence electrons. The van der Waals surface area contributed by atoms with Crippen LogP contribution in [0.4, 0.5) is 5.69 Å². The van der Waals surface area contributed by atoms with Crippen LogP contribution in [0, 0.1) is 0 Å². The zero-order chi connectivity index (χ0) is 15.1. The summed E-state index contributed by atoms with van der Waals surface area (Å²) < 4.78 is 0.